The highest BCUT2D eigenvalue weighted by atomic mass is 28.4. The van der Waals surface area contributed by atoms with E-state index in [1.54, 1.807) is 0 Å². The molecule has 0 radical (unpaired) electrons. The summed E-state index contributed by atoms with van der Waals surface area (Å²) in [6.45, 7) is 12.9. The molecular formula is C21H39NO4Si. The first kappa shape index (κ1) is 22.4. The van der Waals surface area contributed by atoms with Crippen LogP contribution in [0.25, 0.3) is 0 Å². The molecule has 6 heteroatoms. The number of carbonyl (C=O) groups is 2. The van der Waals surface area contributed by atoms with Crippen LogP contribution in [-0.4, -0.2) is 44.0 Å². The number of imide groups is 1. The summed E-state index contributed by atoms with van der Waals surface area (Å²) in [5.74, 6) is 0.164. The average molecular weight is 398 g/mol. The van der Waals surface area contributed by atoms with Crippen molar-refractivity contribution in [3.8, 4) is 0 Å². The van der Waals surface area contributed by atoms with E-state index in [9.17, 15) is 9.59 Å². The number of hydrogen-bond donors (Lipinski definition) is 0. The quantitative estimate of drug-likeness (QED) is 0.429. The van der Waals surface area contributed by atoms with Crippen molar-refractivity contribution in [3.63, 3.8) is 0 Å². The zero-order valence-corrected chi connectivity index (χ0v) is 19.2. The van der Waals surface area contributed by atoms with Gasteiger partial charge in [-0.05, 0) is 42.3 Å². The summed E-state index contributed by atoms with van der Waals surface area (Å²) >= 11 is 0. The van der Waals surface area contributed by atoms with E-state index in [-0.39, 0.29) is 17.4 Å². The molecule has 0 spiro atoms. The Bertz CT molecular complexity index is 513. The van der Waals surface area contributed by atoms with Crippen molar-refractivity contribution in [1.29, 1.82) is 0 Å². The summed E-state index contributed by atoms with van der Waals surface area (Å²) < 4.78 is 12.0. The lowest BCUT2D eigenvalue weighted by Crippen LogP contribution is -2.72. The van der Waals surface area contributed by atoms with Crippen molar-refractivity contribution in [2.45, 2.75) is 104 Å². The Labute approximate surface area is 166 Å². The summed E-state index contributed by atoms with van der Waals surface area (Å²) in [5, 5.41) is 0. The lowest BCUT2D eigenvalue weighted by atomic mass is 9.77. The number of likely N-dealkylation sites (tertiary alicyclic amines) is 1. The van der Waals surface area contributed by atoms with E-state index >= 15 is 0 Å². The summed E-state index contributed by atoms with van der Waals surface area (Å²) in [5.41, 5.74) is -0.117. The van der Waals surface area contributed by atoms with Gasteiger partial charge in [0.2, 0.25) is 0 Å². The number of ether oxygens (including phenoxy) is 1. The molecule has 2 aliphatic rings. The SMILES string of the molecule is CC[Si](CC)(CC)OC1C(=O)N(C(=O)OCC(C)(C)C)C1C1CCCCC1. The Morgan fingerprint density at radius 2 is 1.63 bits per heavy atom. The first-order valence-electron chi connectivity index (χ1n) is 10.9. The van der Waals surface area contributed by atoms with Crippen molar-refractivity contribution in [2.75, 3.05) is 6.61 Å². The molecular weight excluding hydrogens is 358 g/mol. The topological polar surface area (TPSA) is 55.8 Å². The molecule has 2 fully saturated rings. The van der Waals surface area contributed by atoms with Crippen LogP contribution in [-0.2, 0) is 14.0 Å². The van der Waals surface area contributed by atoms with Gasteiger partial charge < -0.3 is 9.16 Å². The normalized spacial score (nSPS) is 24.7. The molecule has 156 valence electrons. The van der Waals surface area contributed by atoms with Crippen molar-refractivity contribution in [2.24, 2.45) is 11.3 Å². The molecule has 0 aromatic heterocycles. The maximum Gasteiger partial charge on any atom is 0.416 e. The van der Waals surface area contributed by atoms with Gasteiger partial charge in [0.05, 0.1) is 12.6 Å². The highest BCUT2D eigenvalue weighted by Gasteiger charge is 2.57. The van der Waals surface area contributed by atoms with Gasteiger partial charge in [-0.25, -0.2) is 9.69 Å². The molecule has 0 bridgehead atoms. The summed E-state index contributed by atoms with van der Waals surface area (Å²) in [6, 6.07) is 2.89. The molecule has 1 aliphatic heterocycles. The molecule has 1 saturated heterocycles. The number of β-lactam (4-membered cyclic amide) rings is 1. The average Bonchev–Trinajstić information content (AvgIpc) is 2.65. The highest BCUT2D eigenvalue weighted by molar-refractivity contribution is 6.73. The number of amides is 2. The van der Waals surface area contributed by atoms with E-state index < -0.39 is 20.5 Å². The second kappa shape index (κ2) is 9.08. The van der Waals surface area contributed by atoms with Gasteiger partial charge in [0.15, 0.2) is 8.32 Å². The largest absolute Gasteiger partial charge is 0.449 e. The van der Waals surface area contributed by atoms with E-state index in [4.69, 9.17) is 9.16 Å². The Morgan fingerprint density at radius 3 is 2.11 bits per heavy atom. The van der Waals surface area contributed by atoms with Crippen molar-refractivity contribution in [1.82, 2.24) is 4.90 Å². The lowest BCUT2D eigenvalue weighted by Gasteiger charge is -2.51. The van der Waals surface area contributed by atoms with Crippen LogP contribution in [0.15, 0.2) is 0 Å². The lowest BCUT2D eigenvalue weighted by molar-refractivity contribution is -0.165. The summed E-state index contributed by atoms with van der Waals surface area (Å²) in [4.78, 5) is 27.0. The third-order valence-corrected chi connectivity index (χ3v) is 11.0. The Balaban J connectivity index is 2.17. The minimum atomic E-state index is -1.91. The Morgan fingerprint density at radius 1 is 1.07 bits per heavy atom. The molecule has 2 atom stereocenters. The van der Waals surface area contributed by atoms with Crippen LogP contribution < -0.4 is 0 Å². The van der Waals surface area contributed by atoms with E-state index in [0.717, 1.165) is 31.0 Å². The van der Waals surface area contributed by atoms with Crippen LogP contribution in [0.1, 0.15) is 73.6 Å². The van der Waals surface area contributed by atoms with Crippen LogP contribution in [0.5, 0.6) is 0 Å². The van der Waals surface area contributed by atoms with E-state index in [0.29, 0.717) is 12.5 Å². The second-order valence-corrected chi connectivity index (χ2v) is 14.2. The van der Waals surface area contributed by atoms with Gasteiger partial charge in [0, 0.05) is 0 Å². The smallest absolute Gasteiger partial charge is 0.416 e. The van der Waals surface area contributed by atoms with Crippen molar-refractivity contribution < 1.29 is 18.8 Å². The predicted octanol–water partition coefficient (Wildman–Crippen LogP) is 5.35. The Kier molecular flexibility index (Phi) is 7.53. The Hall–Kier alpha value is -0.883. The first-order valence-corrected chi connectivity index (χ1v) is 13.4. The molecule has 1 saturated carbocycles. The maximum absolute atomic E-state index is 12.9. The van der Waals surface area contributed by atoms with E-state index in [2.05, 4.69) is 20.8 Å². The fraction of sp³-hybridized carbons (Fsp3) is 0.905. The molecule has 2 amide bonds. The zero-order valence-electron chi connectivity index (χ0n) is 18.2. The fourth-order valence-corrected chi connectivity index (χ4v) is 7.14. The minimum Gasteiger partial charge on any atom is -0.449 e. The fourth-order valence-electron chi connectivity index (χ4n) is 4.37. The monoisotopic (exact) mass is 397 g/mol. The number of nitrogens with zero attached hydrogens (tertiary/aromatic N) is 1. The van der Waals surface area contributed by atoms with Gasteiger partial charge >= 0.3 is 6.09 Å². The third-order valence-electron chi connectivity index (χ3n) is 6.36. The second-order valence-electron chi connectivity index (χ2n) is 9.49. The summed E-state index contributed by atoms with van der Waals surface area (Å²) in [6.07, 6.45) is 4.80. The summed E-state index contributed by atoms with van der Waals surface area (Å²) in [7, 11) is -1.91. The van der Waals surface area contributed by atoms with Crippen LogP contribution >= 0.6 is 0 Å². The molecule has 0 N–H and O–H groups in total. The first-order chi connectivity index (χ1) is 12.7. The van der Waals surface area contributed by atoms with Crippen LogP contribution in [0.4, 0.5) is 4.79 Å². The van der Waals surface area contributed by atoms with Gasteiger partial charge in [-0.3, -0.25) is 4.79 Å². The maximum atomic E-state index is 12.9. The van der Waals surface area contributed by atoms with Gasteiger partial charge in [-0.1, -0.05) is 60.8 Å². The molecule has 27 heavy (non-hydrogen) atoms. The van der Waals surface area contributed by atoms with E-state index in [1.807, 2.05) is 20.8 Å². The molecule has 1 aliphatic carbocycles. The van der Waals surface area contributed by atoms with Crippen molar-refractivity contribution in [3.05, 3.63) is 0 Å². The van der Waals surface area contributed by atoms with Crippen LogP contribution in [0, 0.1) is 11.3 Å². The van der Waals surface area contributed by atoms with Gasteiger partial charge in [-0.15, -0.1) is 0 Å². The third kappa shape index (κ3) is 5.14. The van der Waals surface area contributed by atoms with Gasteiger partial charge in [-0.2, -0.15) is 0 Å². The zero-order chi connectivity index (χ0) is 20.2. The number of hydrogen-bond acceptors (Lipinski definition) is 4. The minimum absolute atomic E-state index is 0.117. The molecule has 0 aromatic rings. The number of rotatable bonds is 7. The number of carbonyl (C=O) groups excluding carboxylic acids is 2. The standard InChI is InChI=1S/C21H39NO4Si/c1-7-27(8-2,9-3)26-18-17(16-13-11-10-12-14-16)22(19(18)23)20(24)25-15-21(4,5)6/h16-18H,7-15H2,1-6H3. The molecule has 2 unspecified atom stereocenters. The molecule has 2 rings (SSSR count). The van der Waals surface area contributed by atoms with Gasteiger partial charge in [0.25, 0.3) is 5.91 Å². The van der Waals surface area contributed by atoms with Gasteiger partial charge in [0.1, 0.15) is 6.10 Å². The molecule has 0 aromatic carbocycles. The predicted molar refractivity (Wildman–Crippen MR) is 110 cm³/mol. The molecule has 1 heterocycles. The van der Waals surface area contributed by atoms with Crippen LogP contribution in [0.2, 0.25) is 18.1 Å². The van der Waals surface area contributed by atoms with E-state index in [1.165, 1.54) is 24.2 Å². The van der Waals surface area contributed by atoms with Crippen molar-refractivity contribution >= 4 is 20.3 Å². The van der Waals surface area contributed by atoms with Crippen LogP contribution in [0.3, 0.4) is 0 Å². The molecule has 5 nitrogen and oxygen atoms in total. The highest BCUT2D eigenvalue weighted by Crippen LogP contribution is 2.40.